The number of halogens is 1. The molecule has 1 nitrogen and oxygen atoms in total. The van der Waals surface area contributed by atoms with Crippen molar-refractivity contribution in [2.24, 2.45) is 0 Å². The Morgan fingerprint density at radius 1 is 1.00 bits per heavy atom. The van der Waals surface area contributed by atoms with Crippen molar-refractivity contribution in [3.05, 3.63) is 63.4 Å². The van der Waals surface area contributed by atoms with Gasteiger partial charge in [0.2, 0.25) is 0 Å². The Hall–Kier alpha value is -1.45. The van der Waals surface area contributed by atoms with E-state index >= 15 is 0 Å². The average Bonchev–Trinajstić information content (AvgIpc) is 2.88. The molecule has 1 heterocycles. The Morgan fingerprint density at radius 2 is 1.80 bits per heavy atom. The van der Waals surface area contributed by atoms with Gasteiger partial charge in [-0.15, -0.1) is 11.3 Å². The minimum atomic E-state index is 1.05. The van der Waals surface area contributed by atoms with Crippen LogP contribution in [0, 0.1) is 13.8 Å². The summed E-state index contributed by atoms with van der Waals surface area (Å²) in [5.41, 5.74) is 5.97. The van der Waals surface area contributed by atoms with E-state index in [-0.39, 0.29) is 0 Å². The summed E-state index contributed by atoms with van der Waals surface area (Å²) in [6.07, 6.45) is 0. The standard InChI is InChI=1S/C17H14BrNS/c1-11-7-8-13(12(2)9-11)16-10-20-17(19-16)14-5-3-4-6-15(14)18/h3-10H,1-2H3. The van der Waals surface area contributed by atoms with Gasteiger partial charge >= 0.3 is 0 Å². The lowest BCUT2D eigenvalue weighted by atomic mass is 10.0. The van der Waals surface area contributed by atoms with Gasteiger partial charge in [0, 0.05) is 21.0 Å². The molecule has 0 fully saturated rings. The first-order chi connectivity index (χ1) is 9.65. The van der Waals surface area contributed by atoms with Gasteiger partial charge in [-0.3, -0.25) is 0 Å². The molecule has 2 aromatic carbocycles. The fourth-order valence-corrected chi connectivity index (χ4v) is 3.72. The number of nitrogens with zero attached hydrogens (tertiary/aromatic N) is 1. The van der Waals surface area contributed by atoms with E-state index in [1.54, 1.807) is 11.3 Å². The van der Waals surface area contributed by atoms with Crippen molar-refractivity contribution in [1.82, 2.24) is 4.98 Å². The zero-order chi connectivity index (χ0) is 14.1. The minimum Gasteiger partial charge on any atom is -0.236 e. The smallest absolute Gasteiger partial charge is 0.125 e. The highest BCUT2D eigenvalue weighted by Gasteiger charge is 2.10. The van der Waals surface area contributed by atoms with E-state index in [0.29, 0.717) is 0 Å². The van der Waals surface area contributed by atoms with Gasteiger partial charge < -0.3 is 0 Å². The lowest BCUT2D eigenvalue weighted by Gasteiger charge is -2.04. The summed E-state index contributed by atoms with van der Waals surface area (Å²) < 4.78 is 1.08. The van der Waals surface area contributed by atoms with Crippen LogP contribution in [-0.2, 0) is 0 Å². The van der Waals surface area contributed by atoms with Crippen molar-refractivity contribution in [1.29, 1.82) is 0 Å². The molecule has 0 aliphatic carbocycles. The van der Waals surface area contributed by atoms with E-state index in [4.69, 9.17) is 4.98 Å². The summed E-state index contributed by atoms with van der Waals surface area (Å²) >= 11 is 5.27. The normalized spacial score (nSPS) is 10.8. The average molecular weight is 344 g/mol. The molecule has 0 saturated heterocycles. The zero-order valence-electron chi connectivity index (χ0n) is 11.4. The molecule has 0 spiro atoms. The first-order valence-corrected chi connectivity index (χ1v) is 8.10. The summed E-state index contributed by atoms with van der Waals surface area (Å²) in [5, 5.41) is 3.18. The van der Waals surface area contributed by atoms with E-state index in [1.807, 2.05) is 18.2 Å². The lowest BCUT2D eigenvalue weighted by Crippen LogP contribution is -1.85. The maximum Gasteiger partial charge on any atom is 0.125 e. The molecule has 0 atom stereocenters. The number of thiazole rings is 1. The maximum atomic E-state index is 4.79. The Kier molecular flexibility index (Phi) is 3.72. The molecule has 0 unspecified atom stereocenters. The molecule has 3 aromatic rings. The van der Waals surface area contributed by atoms with E-state index < -0.39 is 0 Å². The molecule has 0 N–H and O–H groups in total. The van der Waals surface area contributed by atoms with Gasteiger partial charge in [-0.25, -0.2) is 4.98 Å². The van der Waals surface area contributed by atoms with E-state index in [2.05, 4.69) is 59.4 Å². The van der Waals surface area contributed by atoms with Crippen LogP contribution in [-0.4, -0.2) is 4.98 Å². The first kappa shape index (κ1) is 13.5. The fourth-order valence-electron chi connectivity index (χ4n) is 2.26. The molecular weight excluding hydrogens is 330 g/mol. The maximum absolute atomic E-state index is 4.79. The topological polar surface area (TPSA) is 12.9 Å². The van der Waals surface area contributed by atoms with Crippen LogP contribution in [0.5, 0.6) is 0 Å². The van der Waals surface area contributed by atoms with E-state index in [1.165, 1.54) is 16.7 Å². The number of aryl methyl sites for hydroxylation is 2. The zero-order valence-corrected chi connectivity index (χ0v) is 13.8. The quantitative estimate of drug-likeness (QED) is 0.568. The van der Waals surface area contributed by atoms with Crippen molar-refractivity contribution in [3.8, 4) is 21.8 Å². The SMILES string of the molecule is Cc1ccc(-c2csc(-c3ccccc3Br)n2)c(C)c1. The predicted molar refractivity (Wildman–Crippen MR) is 90.2 cm³/mol. The number of rotatable bonds is 2. The summed E-state index contributed by atoms with van der Waals surface area (Å²) in [5.74, 6) is 0. The van der Waals surface area contributed by atoms with Crippen LogP contribution in [0.25, 0.3) is 21.8 Å². The van der Waals surface area contributed by atoms with E-state index in [9.17, 15) is 0 Å². The minimum absolute atomic E-state index is 1.05. The van der Waals surface area contributed by atoms with Gasteiger partial charge in [-0.2, -0.15) is 0 Å². The molecule has 100 valence electrons. The highest BCUT2D eigenvalue weighted by Crippen LogP contribution is 2.34. The van der Waals surface area contributed by atoms with Crippen LogP contribution >= 0.6 is 27.3 Å². The second-order valence-electron chi connectivity index (χ2n) is 4.84. The van der Waals surface area contributed by atoms with Crippen LogP contribution in [0.1, 0.15) is 11.1 Å². The van der Waals surface area contributed by atoms with Gasteiger partial charge in [-0.05, 0) is 25.5 Å². The van der Waals surface area contributed by atoms with Crippen LogP contribution < -0.4 is 0 Å². The third kappa shape index (κ3) is 2.56. The largest absolute Gasteiger partial charge is 0.236 e. The number of hydrogen-bond acceptors (Lipinski definition) is 2. The summed E-state index contributed by atoms with van der Waals surface area (Å²) in [7, 11) is 0. The second kappa shape index (κ2) is 5.51. The third-order valence-corrected chi connectivity index (χ3v) is 4.83. The van der Waals surface area contributed by atoms with Crippen molar-refractivity contribution in [2.45, 2.75) is 13.8 Å². The van der Waals surface area contributed by atoms with Crippen molar-refractivity contribution in [2.75, 3.05) is 0 Å². The summed E-state index contributed by atoms with van der Waals surface area (Å²) in [6.45, 7) is 4.25. The molecule has 0 amide bonds. The molecule has 0 aliphatic rings. The van der Waals surface area contributed by atoms with E-state index in [0.717, 1.165) is 20.7 Å². The Morgan fingerprint density at radius 3 is 2.55 bits per heavy atom. The Labute approximate surface area is 131 Å². The second-order valence-corrected chi connectivity index (χ2v) is 6.55. The number of benzene rings is 2. The monoisotopic (exact) mass is 343 g/mol. The number of aromatic nitrogens is 1. The highest BCUT2D eigenvalue weighted by atomic mass is 79.9. The van der Waals surface area contributed by atoms with Crippen LogP contribution in [0.4, 0.5) is 0 Å². The molecule has 3 heteroatoms. The summed E-state index contributed by atoms with van der Waals surface area (Å²) in [6, 6.07) is 14.7. The molecule has 0 radical (unpaired) electrons. The molecule has 20 heavy (non-hydrogen) atoms. The van der Waals surface area contributed by atoms with Gasteiger partial charge in [-0.1, -0.05) is 57.9 Å². The third-order valence-electron chi connectivity index (χ3n) is 3.27. The molecule has 3 rings (SSSR count). The van der Waals surface area contributed by atoms with Crippen LogP contribution in [0.15, 0.2) is 52.3 Å². The summed E-state index contributed by atoms with van der Waals surface area (Å²) in [4.78, 5) is 4.79. The van der Waals surface area contributed by atoms with Crippen molar-refractivity contribution < 1.29 is 0 Å². The number of hydrogen-bond donors (Lipinski definition) is 0. The lowest BCUT2D eigenvalue weighted by molar-refractivity contribution is 1.34. The first-order valence-electron chi connectivity index (χ1n) is 6.43. The van der Waals surface area contributed by atoms with Crippen molar-refractivity contribution >= 4 is 27.3 Å². The highest BCUT2D eigenvalue weighted by molar-refractivity contribution is 9.10. The molecule has 0 saturated carbocycles. The van der Waals surface area contributed by atoms with Gasteiger partial charge in [0.1, 0.15) is 5.01 Å². The van der Waals surface area contributed by atoms with Crippen molar-refractivity contribution in [3.63, 3.8) is 0 Å². The van der Waals surface area contributed by atoms with Crippen LogP contribution in [0.2, 0.25) is 0 Å². The fraction of sp³-hybridized carbons (Fsp3) is 0.118. The Balaban J connectivity index is 2.04. The molecule has 1 aromatic heterocycles. The molecular formula is C17H14BrNS. The van der Waals surface area contributed by atoms with Gasteiger partial charge in [0.05, 0.1) is 5.69 Å². The van der Waals surface area contributed by atoms with Crippen LogP contribution in [0.3, 0.4) is 0 Å². The van der Waals surface area contributed by atoms with Gasteiger partial charge in [0.15, 0.2) is 0 Å². The Bertz CT molecular complexity index is 761. The van der Waals surface area contributed by atoms with Gasteiger partial charge in [0.25, 0.3) is 0 Å². The molecule has 0 aliphatic heterocycles. The molecule has 0 bridgehead atoms. The predicted octanol–water partition coefficient (Wildman–Crippen LogP) is 5.86.